The predicted molar refractivity (Wildman–Crippen MR) is 76.3 cm³/mol. The molecular formula is C11H16BrN3OS. The van der Waals surface area contributed by atoms with Crippen LogP contribution in [-0.4, -0.2) is 28.9 Å². The molecule has 1 amide bonds. The fraction of sp³-hybridized carbons (Fsp3) is 0.455. The lowest BCUT2D eigenvalue weighted by molar-refractivity contribution is 0.0953. The van der Waals surface area contributed by atoms with Crippen molar-refractivity contribution in [3.8, 4) is 0 Å². The van der Waals surface area contributed by atoms with Crippen molar-refractivity contribution < 1.29 is 4.79 Å². The van der Waals surface area contributed by atoms with Crippen LogP contribution in [0, 0.1) is 0 Å². The standard InChI is InChI=1S/C11H16BrN3OS/c1-2-17-5-3-4-14-11(16)8-6-10(13)15-7-9(8)12/h6-7H,2-5H2,1H3,(H2,13,15)(H,14,16). The molecule has 94 valence electrons. The highest BCUT2D eigenvalue weighted by molar-refractivity contribution is 9.10. The Labute approximate surface area is 114 Å². The molecule has 0 unspecified atom stereocenters. The molecule has 0 fully saturated rings. The molecule has 0 saturated carbocycles. The second kappa shape index (κ2) is 7.55. The van der Waals surface area contributed by atoms with E-state index >= 15 is 0 Å². The zero-order chi connectivity index (χ0) is 12.7. The fourth-order valence-corrected chi connectivity index (χ4v) is 2.28. The molecule has 6 heteroatoms. The van der Waals surface area contributed by atoms with Crippen LogP contribution < -0.4 is 11.1 Å². The molecule has 0 radical (unpaired) electrons. The summed E-state index contributed by atoms with van der Waals surface area (Å²) in [4.78, 5) is 15.7. The molecule has 0 atom stereocenters. The topological polar surface area (TPSA) is 68.0 Å². The van der Waals surface area contributed by atoms with Crippen LogP contribution in [0.3, 0.4) is 0 Å². The summed E-state index contributed by atoms with van der Waals surface area (Å²) in [5, 5.41) is 2.86. The van der Waals surface area contributed by atoms with Crippen molar-refractivity contribution in [1.29, 1.82) is 0 Å². The van der Waals surface area contributed by atoms with Crippen molar-refractivity contribution in [2.24, 2.45) is 0 Å². The van der Waals surface area contributed by atoms with E-state index in [2.05, 4.69) is 33.2 Å². The molecule has 0 aliphatic rings. The van der Waals surface area contributed by atoms with Crippen LogP contribution in [0.15, 0.2) is 16.7 Å². The van der Waals surface area contributed by atoms with Gasteiger partial charge in [-0.15, -0.1) is 0 Å². The van der Waals surface area contributed by atoms with Gasteiger partial charge >= 0.3 is 0 Å². The zero-order valence-electron chi connectivity index (χ0n) is 9.70. The lowest BCUT2D eigenvalue weighted by Gasteiger charge is -2.07. The maximum absolute atomic E-state index is 11.8. The lowest BCUT2D eigenvalue weighted by atomic mass is 10.2. The molecule has 0 aliphatic carbocycles. The minimum Gasteiger partial charge on any atom is -0.384 e. The van der Waals surface area contributed by atoms with E-state index < -0.39 is 0 Å². The van der Waals surface area contributed by atoms with Crippen molar-refractivity contribution in [2.45, 2.75) is 13.3 Å². The van der Waals surface area contributed by atoms with Crippen LogP contribution in [0.2, 0.25) is 0 Å². The monoisotopic (exact) mass is 317 g/mol. The minimum atomic E-state index is -0.118. The van der Waals surface area contributed by atoms with Gasteiger partial charge in [0, 0.05) is 17.2 Å². The molecule has 0 bridgehead atoms. The molecule has 1 aromatic heterocycles. The van der Waals surface area contributed by atoms with Gasteiger partial charge in [-0.3, -0.25) is 4.79 Å². The third-order valence-electron chi connectivity index (χ3n) is 2.08. The van der Waals surface area contributed by atoms with Crippen molar-refractivity contribution in [3.63, 3.8) is 0 Å². The third kappa shape index (κ3) is 4.95. The van der Waals surface area contributed by atoms with Gasteiger partial charge in [-0.25, -0.2) is 4.98 Å². The number of nitrogens with two attached hydrogens (primary N) is 1. The van der Waals surface area contributed by atoms with Crippen molar-refractivity contribution in [1.82, 2.24) is 10.3 Å². The van der Waals surface area contributed by atoms with E-state index in [1.54, 1.807) is 6.07 Å². The number of hydrogen-bond acceptors (Lipinski definition) is 4. The van der Waals surface area contributed by atoms with Crippen LogP contribution in [0.4, 0.5) is 5.82 Å². The number of halogens is 1. The SMILES string of the molecule is CCSCCCNC(=O)c1cc(N)ncc1Br. The fourth-order valence-electron chi connectivity index (χ4n) is 1.24. The van der Waals surface area contributed by atoms with Crippen LogP contribution in [0.1, 0.15) is 23.7 Å². The van der Waals surface area contributed by atoms with Crippen LogP contribution in [-0.2, 0) is 0 Å². The number of hydrogen-bond donors (Lipinski definition) is 2. The first-order valence-corrected chi connectivity index (χ1v) is 7.37. The van der Waals surface area contributed by atoms with E-state index in [1.807, 2.05) is 11.8 Å². The summed E-state index contributed by atoms with van der Waals surface area (Å²) in [5.74, 6) is 2.41. The number of thioether (sulfide) groups is 1. The number of amides is 1. The first-order valence-electron chi connectivity index (χ1n) is 5.42. The van der Waals surface area contributed by atoms with E-state index in [1.165, 1.54) is 6.20 Å². The van der Waals surface area contributed by atoms with Crippen molar-refractivity contribution in [2.75, 3.05) is 23.8 Å². The summed E-state index contributed by atoms with van der Waals surface area (Å²) in [6.07, 6.45) is 2.51. The highest BCUT2D eigenvalue weighted by atomic mass is 79.9. The van der Waals surface area contributed by atoms with Crippen molar-refractivity contribution in [3.05, 3.63) is 22.3 Å². The normalized spacial score (nSPS) is 10.2. The highest BCUT2D eigenvalue weighted by Gasteiger charge is 2.10. The van der Waals surface area contributed by atoms with Gasteiger partial charge in [0.25, 0.3) is 5.91 Å². The zero-order valence-corrected chi connectivity index (χ0v) is 12.1. The molecule has 1 aromatic rings. The summed E-state index contributed by atoms with van der Waals surface area (Å²) in [6.45, 7) is 2.81. The maximum atomic E-state index is 11.8. The Morgan fingerprint density at radius 2 is 2.41 bits per heavy atom. The Hall–Kier alpha value is -0.750. The van der Waals surface area contributed by atoms with Gasteiger partial charge in [0.15, 0.2) is 0 Å². The molecule has 0 spiro atoms. The molecule has 17 heavy (non-hydrogen) atoms. The number of pyridine rings is 1. The van der Waals surface area contributed by atoms with E-state index in [9.17, 15) is 4.79 Å². The van der Waals surface area contributed by atoms with E-state index in [0.717, 1.165) is 17.9 Å². The number of rotatable bonds is 6. The van der Waals surface area contributed by atoms with Gasteiger partial charge in [-0.05, 0) is 39.9 Å². The van der Waals surface area contributed by atoms with Gasteiger partial charge < -0.3 is 11.1 Å². The number of carbonyl (C=O) groups excluding carboxylic acids is 1. The Morgan fingerprint density at radius 1 is 1.65 bits per heavy atom. The van der Waals surface area contributed by atoms with Crippen LogP contribution in [0.25, 0.3) is 0 Å². The first kappa shape index (κ1) is 14.3. The third-order valence-corrected chi connectivity index (χ3v) is 3.69. The molecule has 3 N–H and O–H groups in total. The number of anilines is 1. The summed E-state index contributed by atoms with van der Waals surface area (Å²) in [6, 6.07) is 1.57. The molecule has 0 saturated heterocycles. The van der Waals surface area contributed by atoms with Gasteiger partial charge in [0.1, 0.15) is 5.82 Å². The first-order chi connectivity index (χ1) is 8.15. The summed E-state index contributed by atoms with van der Waals surface area (Å²) in [5.41, 5.74) is 6.07. The van der Waals surface area contributed by atoms with Crippen LogP contribution in [0.5, 0.6) is 0 Å². The van der Waals surface area contributed by atoms with Crippen molar-refractivity contribution >= 4 is 39.4 Å². The van der Waals surface area contributed by atoms with Crippen LogP contribution >= 0.6 is 27.7 Å². The number of nitrogens with zero attached hydrogens (tertiary/aromatic N) is 1. The Morgan fingerprint density at radius 3 is 3.12 bits per heavy atom. The van der Waals surface area contributed by atoms with Gasteiger partial charge in [0.05, 0.1) is 5.56 Å². The molecular weight excluding hydrogens is 302 g/mol. The second-order valence-electron chi connectivity index (χ2n) is 3.40. The predicted octanol–water partition coefficient (Wildman–Crippen LogP) is 2.30. The number of carbonyl (C=O) groups is 1. The second-order valence-corrected chi connectivity index (χ2v) is 5.64. The average Bonchev–Trinajstić information content (AvgIpc) is 2.32. The van der Waals surface area contributed by atoms with E-state index in [-0.39, 0.29) is 5.91 Å². The van der Waals surface area contributed by atoms with E-state index in [4.69, 9.17) is 5.73 Å². The Kier molecular flexibility index (Phi) is 6.36. The highest BCUT2D eigenvalue weighted by Crippen LogP contribution is 2.17. The maximum Gasteiger partial charge on any atom is 0.252 e. The average molecular weight is 318 g/mol. The summed E-state index contributed by atoms with van der Waals surface area (Å²) >= 11 is 5.15. The molecule has 1 rings (SSSR count). The molecule has 1 heterocycles. The summed E-state index contributed by atoms with van der Waals surface area (Å²) in [7, 11) is 0. The van der Waals surface area contributed by atoms with E-state index in [0.29, 0.717) is 22.4 Å². The summed E-state index contributed by atoms with van der Waals surface area (Å²) < 4.78 is 0.659. The number of nitrogens with one attached hydrogen (secondary N) is 1. The van der Waals surface area contributed by atoms with Gasteiger partial charge in [-0.1, -0.05) is 6.92 Å². The minimum absolute atomic E-state index is 0.118. The molecule has 0 aromatic carbocycles. The molecule has 0 aliphatic heterocycles. The smallest absolute Gasteiger partial charge is 0.252 e. The van der Waals surface area contributed by atoms with Gasteiger partial charge in [0.2, 0.25) is 0 Å². The lowest BCUT2D eigenvalue weighted by Crippen LogP contribution is -2.25. The number of nitrogen functional groups attached to an aromatic ring is 1. The number of aromatic nitrogens is 1. The largest absolute Gasteiger partial charge is 0.384 e. The quantitative estimate of drug-likeness (QED) is 0.790. The molecule has 4 nitrogen and oxygen atoms in total. The van der Waals surface area contributed by atoms with Gasteiger partial charge in [-0.2, -0.15) is 11.8 Å². The Balaban J connectivity index is 2.44. The Bertz CT molecular complexity index is 387.